The van der Waals surface area contributed by atoms with Gasteiger partial charge in [-0.3, -0.25) is 0 Å². The summed E-state index contributed by atoms with van der Waals surface area (Å²) in [6.45, 7) is 3.54. The summed E-state index contributed by atoms with van der Waals surface area (Å²) in [6, 6.07) is 3.07. The fourth-order valence-corrected chi connectivity index (χ4v) is 1.44. The average Bonchev–Trinajstić information content (AvgIpc) is 2.15. The lowest BCUT2D eigenvalue weighted by Crippen LogP contribution is -2.05. The third-order valence-corrected chi connectivity index (χ3v) is 2.49. The minimum Gasteiger partial charge on any atom is -0.166 e. The van der Waals surface area contributed by atoms with Gasteiger partial charge in [0, 0.05) is 10.9 Å². The summed E-state index contributed by atoms with van der Waals surface area (Å²) >= 11 is 11.2. The summed E-state index contributed by atoms with van der Waals surface area (Å²) in [5.74, 6) is 0.0427. The van der Waals surface area contributed by atoms with E-state index in [1.165, 1.54) is 6.07 Å². The molecule has 0 amide bonds. The first kappa shape index (κ1) is 12.4. The molecule has 0 nitrogen and oxygen atoms in total. The van der Waals surface area contributed by atoms with Gasteiger partial charge in [-0.15, -0.1) is 11.6 Å². The number of hydrogen-bond donors (Lipinski definition) is 0. The Morgan fingerprint density at radius 1 is 1.33 bits per heavy atom. The number of rotatable bonds is 2. The van der Waals surface area contributed by atoms with E-state index >= 15 is 0 Å². The molecule has 1 aromatic rings. The number of hydrogen-bond acceptors (Lipinski definition) is 0. The molecule has 0 fully saturated rings. The monoisotopic (exact) mass is 254 g/mol. The Morgan fingerprint density at radius 2 is 1.93 bits per heavy atom. The van der Waals surface area contributed by atoms with Crippen molar-refractivity contribution in [2.45, 2.75) is 6.18 Å². The molecule has 1 rings (SSSR count). The Labute approximate surface area is 95.3 Å². The van der Waals surface area contributed by atoms with Crippen molar-refractivity contribution >= 4 is 28.8 Å². The van der Waals surface area contributed by atoms with Gasteiger partial charge in [-0.2, -0.15) is 13.2 Å². The molecule has 15 heavy (non-hydrogen) atoms. The van der Waals surface area contributed by atoms with E-state index in [4.69, 9.17) is 23.2 Å². The van der Waals surface area contributed by atoms with Crippen molar-refractivity contribution in [2.75, 3.05) is 5.88 Å². The second kappa shape index (κ2) is 4.45. The van der Waals surface area contributed by atoms with Gasteiger partial charge in [0.1, 0.15) is 0 Å². The molecule has 0 radical (unpaired) electrons. The van der Waals surface area contributed by atoms with Gasteiger partial charge >= 0.3 is 6.18 Å². The quantitative estimate of drug-likeness (QED) is 0.677. The van der Waals surface area contributed by atoms with Crippen molar-refractivity contribution in [1.82, 2.24) is 0 Å². The first-order chi connectivity index (χ1) is 6.86. The van der Waals surface area contributed by atoms with Gasteiger partial charge in [0.25, 0.3) is 0 Å². The van der Waals surface area contributed by atoms with Crippen molar-refractivity contribution in [1.29, 1.82) is 0 Å². The zero-order chi connectivity index (χ0) is 11.6. The maximum absolute atomic E-state index is 12.4. The molecule has 0 aliphatic heterocycles. The summed E-state index contributed by atoms with van der Waals surface area (Å²) in [7, 11) is 0. The van der Waals surface area contributed by atoms with Crippen LogP contribution in [0.15, 0.2) is 24.8 Å². The minimum atomic E-state index is -4.38. The molecular weight excluding hydrogens is 248 g/mol. The lowest BCUT2D eigenvalue weighted by Gasteiger charge is -2.10. The standard InChI is InChI=1S/C10H7Cl2F3/c1-6(5-11)8-4-7(10(13,14)15)2-3-9(8)12/h2-4H,1,5H2. The highest BCUT2D eigenvalue weighted by atomic mass is 35.5. The van der Waals surface area contributed by atoms with Gasteiger partial charge in [0.05, 0.1) is 5.56 Å². The lowest BCUT2D eigenvalue weighted by molar-refractivity contribution is -0.137. The molecule has 0 spiro atoms. The van der Waals surface area contributed by atoms with Crippen LogP contribution in [0.1, 0.15) is 11.1 Å². The molecule has 0 N–H and O–H groups in total. The van der Waals surface area contributed by atoms with Crippen molar-refractivity contribution in [2.24, 2.45) is 0 Å². The molecule has 1 aromatic carbocycles. The van der Waals surface area contributed by atoms with E-state index < -0.39 is 11.7 Å². The summed E-state index contributed by atoms with van der Waals surface area (Å²) in [6.07, 6.45) is -4.38. The van der Waals surface area contributed by atoms with E-state index in [1.54, 1.807) is 0 Å². The Hall–Kier alpha value is -0.670. The third-order valence-electron chi connectivity index (χ3n) is 1.84. The third kappa shape index (κ3) is 2.89. The number of alkyl halides is 4. The van der Waals surface area contributed by atoms with Crippen LogP contribution in [0, 0.1) is 0 Å². The molecule has 0 aliphatic carbocycles. The first-order valence-electron chi connectivity index (χ1n) is 3.97. The van der Waals surface area contributed by atoms with Crippen LogP contribution in [0.2, 0.25) is 5.02 Å². The average molecular weight is 255 g/mol. The molecule has 5 heteroatoms. The number of allylic oxidation sites excluding steroid dienone is 1. The van der Waals surface area contributed by atoms with Gasteiger partial charge in [-0.05, 0) is 29.3 Å². The van der Waals surface area contributed by atoms with Crippen LogP contribution >= 0.6 is 23.2 Å². The van der Waals surface area contributed by atoms with E-state index in [2.05, 4.69) is 6.58 Å². The van der Waals surface area contributed by atoms with E-state index in [0.29, 0.717) is 5.57 Å². The van der Waals surface area contributed by atoms with Gasteiger partial charge in [0.2, 0.25) is 0 Å². The lowest BCUT2D eigenvalue weighted by atomic mass is 10.1. The topological polar surface area (TPSA) is 0 Å². The minimum absolute atomic E-state index is 0.0427. The highest BCUT2D eigenvalue weighted by Crippen LogP contribution is 2.33. The van der Waals surface area contributed by atoms with Crippen molar-refractivity contribution in [3.8, 4) is 0 Å². The van der Waals surface area contributed by atoms with Gasteiger partial charge in [-0.25, -0.2) is 0 Å². The van der Waals surface area contributed by atoms with Gasteiger partial charge in [-0.1, -0.05) is 18.2 Å². The summed E-state index contributed by atoms with van der Waals surface area (Å²) in [4.78, 5) is 0. The highest BCUT2D eigenvalue weighted by molar-refractivity contribution is 6.33. The fourth-order valence-electron chi connectivity index (χ4n) is 1.04. The van der Waals surface area contributed by atoms with Crippen LogP contribution in [-0.4, -0.2) is 5.88 Å². The Bertz CT molecular complexity index is 383. The van der Waals surface area contributed by atoms with Crippen LogP contribution in [0.5, 0.6) is 0 Å². The Balaban J connectivity index is 3.23. The van der Waals surface area contributed by atoms with Crippen LogP contribution in [0.25, 0.3) is 5.57 Å². The molecule has 0 saturated carbocycles. The predicted octanol–water partition coefficient (Wildman–Crippen LogP) is 4.61. The first-order valence-corrected chi connectivity index (χ1v) is 4.88. The van der Waals surface area contributed by atoms with Crippen LogP contribution in [0.4, 0.5) is 13.2 Å². The molecule has 0 bridgehead atoms. The molecule has 82 valence electrons. The SMILES string of the molecule is C=C(CCl)c1cc(C(F)(F)F)ccc1Cl. The number of halogens is 5. The zero-order valence-corrected chi connectivity index (χ0v) is 9.05. The fraction of sp³-hybridized carbons (Fsp3) is 0.200. The molecule has 0 aliphatic rings. The van der Waals surface area contributed by atoms with Crippen molar-refractivity contribution in [3.05, 3.63) is 40.9 Å². The maximum atomic E-state index is 12.4. The second-order valence-corrected chi connectivity index (χ2v) is 3.60. The highest BCUT2D eigenvalue weighted by Gasteiger charge is 2.31. The molecule has 0 saturated heterocycles. The Kier molecular flexibility index (Phi) is 3.68. The van der Waals surface area contributed by atoms with Crippen molar-refractivity contribution in [3.63, 3.8) is 0 Å². The molecular formula is C10H7Cl2F3. The number of benzene rings is 1. The van der Waals surface area contributed by atoms with Crippen LogP contribution in [-0.2, 0) is 6.18 Å². The van der Waals surface area contributed by atoms with Crippen molar-refractivity contribution < 1.29 is 13.2 Å². The Morgan fingerprint density at radius 3 is 2.40 bits per heavy atom. The van der Waals surface area contributed by atoms with Crippen LogP contribution in [0.3, 0.4) is 0 Å². The molecule has 0 heterocycles. The predicted molar refractivity (Wildman–Crippen MR) is 56.2 cm³/mol. The summed E-state index contributed by atoms with van der Waals surface area (Å²) in [5.41, 5.74) is -0.151. The van der Waals surface area contributed by atoms with Gasteiger partial charge < -0.3 is 0 Å². The zero-order valence-electron chi connectivity index (χ0n) is 7.54. The van der Waals surface area contributed by atoms with E-state index in [9.17, 15) is 13.2 Å². The second-order valence-electron chi connectivity index (χ2n) is 2.93. The molecule has 0 aromatic heterocycles. The summed E-state index contributed by atoms with van der Waals surface area (Å²) in [5, 5.41) is 0.216. The van der Waals surface area contributed by atoms with E-state index in [-0.39, 0.29) is 16.5 Å². The van der Waals surface area contributed by atoms with Crippen LogP contribution < -0.4 is 0 Å². The van der Waals surface area contributed by atoms with E-state index in [0.717, 1.165) is 12.1 Å². The van der Waals surface area contributed by atoms with E-state index in [1.807, 2.05) is 0 Å². The molecule has 0 atom stereocenters. The maximum Gasteiger partial charge on any atom is 0.416 e. The normalized spacial score (nSPS) is 11.5. The summed E-state index contributed by atoms with van der Waals surface area (Å²) < 4.78 is 37.1. The van der Waals surface area contributed by atoms with Gasteiger partial charge in [0.15, 0.2) is 0 Å². The smallest absolute Gasteiger partial charge is 0.166 e. The largest absolute Gasteiger partial charge is 0.416 e. The molecule has 0 unspecified atom stereocenters.